The Morgan fingerprint density at radius 2 is 2.00 bits per heavy atom. The summed E-state index contributed by atoms with van der Waals surface area (Å²) in [5, 5.41) is 3.04. The first-order valence-electron chi connectivity index (χ1n) is 11.3. The minimum atomic E-state index is -0.503. The number of carbonyl (C=O) groups excluding carboxylic acids is 2. The molecule has 2 aromatic rings. The molecule has 0 bridgehead atoms. The van der Waals surface area contributed by atoms with Gasteiger partial charge < -0.3 is 15.0 Å². The zero-order valence-electron chi connectivity index (χ0n) is 18.2. The van der Waals surface area contributed by atoms with Crippen LogP contribution in [-0.4, -0.2) is 54.0 Å². The van der Waals surface area contributed by atoms with Crippen LogP contribution in [-0.2, 0) is 20.7 Å². The van der Waals surface area contributed by atoms with Crippen LogP contribution in [0.3, 0.4) is 0 Å². The smallest absolute Gasteiger partial charge is 0.251 e. The van der Waals surface area contributed by atoms with Gasteiger partial charge in [0.15, 0.2) is 0 Å². The Bertz CT molecular complexity index is 901. The number of rotatable bonds is 6. The van der Waals surface area contributed by atoms with Crippen molar-refractivity contribution in [3.05, 3.63) is 54.4 Å². The number of ether oxygens (including phenoxy) is 1. The molecule has 164 valence electrons. The average molecular weight is 422 g/mol. The van der Waals surface area contributed by atoms with Crippen molar-refractivity contribution in [3.63, 3.8) is 0 Å². The Morgan fingerprint density at radius 1 is 1.19 bits per heavy atom. The van der Waals surface area contributed by atoms with Crippen molar-refractivity contribution in [1.82, 2.24) is 15.2 Å². The number of piperidine rings is 1. The molecule has 0 saturated carbocycles. The molecule has 0 aliphatic carbocycles. The number of amides is 2. The van der Waals surface area contributed by atoms with Crippen molar-refractivity contribution in [1.29, 1.82) is 0 Å². The van der Waals surface area contributed by atoms with E-state index in [-0.39, 0.29) is 17.9 Å². The lowest BCUT2D eigenvalue weighted by Crippen LogP contribution is -2.52. The van der Waals surface area contributed by atoms with Crippen LogP contribution in [0.5, 0.6) is 0 Å². The molecule has 1 aromatic heterocycles. The summed E-state index contributed by atoms with van der Waals surface area (Å²) >= 11 is 0. The summed E-state index contributed by atoms with van der Waals surface area (Å²) < 4.78 is 5.58. The Morgan fingerprint density at radius 3 is 2.68 bits per heavy atom. The van der Waals surface area contributed by atoms with Gasteiger partial charge in [-0.1, -0.05) is 30.3 Å². The Labute approximate surface area is 184 Å². The van der Waals surface area contributed by atoms with Gasteiger partial charge in [0.2, 0.25) is 5.91 Å². The fourth-order valence-corrected chi connectivity index (χ4v) is 4.75. The van der Waals surface area contributed by atoms with Crippen molar-refractivity contribution in [3.8, 4) is 11.1 Å². The number of hydrogen-bond donors (Lipinski definition) is 1. The van der Waals surface area contributed by atoms with Crippen molar-refractivity contribution in [2.45, 2.75) is 45.1 Å². The zero-order chi connectivity index (χ0) is 21.7. The van der Waals surface area contributed by atoms with E-state index in [9.17, 15) is 9.59 Å². The quantitative estimate of drug-likeness (QED) is 0.777. The molecule has 0 unspecified atom stereocenters. The number of nitrogens with zero attached hydrogens (tertiary/aromatic N) is 2. The lowest BCUT2D eigenvalue weighted by Gasteiger charge is -2.41. The zero-order valence-corrected chi connectivity index (χ0v) is 18.2. The lowest BCUT2D eigenvalue weighted by atomic mass is 9.72. The molecular weight excluding hydrogens is 390 g/mol. The lowest BCUT2D eigenvalue weighted by molar-refractivity contribution is -0.146. The molecule has 1 atom stereocenters. The number of aromatic nitrogens is 1. The molecule has 2 aliphatic rings. The number of pyridine rings is 1. The van der Waals surface area contributed by atoms with E-state index >= 15 is 0 Å². The van der Waals surface area contributed by atoms with E-state index < -0.39 is 5.41 Å². The van der Waals surface area contributed by atoms with Gasteiger partial charge in [0.05, 0.1) is 5.41 Å². The van der Waals surface area contributed by atoms with Gasteiger partial charge in [-0.15, -0.1) is 0 Å². The van der Waals surface area contributed by atoms with Crippen molar-refractivity contribution in [2.75, 3.05) is 26.2 Å². The van der Waals surface area contributed by atoms with Crippen LogP contribution in [0, 0.1) is 5.41 Å². The highest BCUT2D eigenvalue weighted by Crippen LogP contribution is 2.37. The minimum Gasteiger partial charge on any atom is -0.368 e. The van der Waals surface area contributed by atoms with E-state index in [4.69, 9.17) is 4.74 Å². The molecule has 6 heteroatoms. The molecule has 1 N–H and O–H groups in total. The van der Waals surface area contributed by atoms with Crippen LogP contribution in [0.15, 0.2) is 48.8 Å². The van der Waals surface area contributed by atoms with E-state index in [0.29, 0.717) is 45.5 Å². The van der Waals surface area contributed by atoms with Crippen LogP contribution < -0.4 is 5.32 Å². The first-order valence-corrected chi connectivity index (χ1v) is 11.3. The Kier molecular flexibility index (Phi) is 6.66. The van der Waals surface area contributed by atoms with Gasteiger partial charge in [0.1, 0.15) is 6.10 Å². The van der Waals surface area contributed by atoms with Crippen molar-refractivity contribution >= 4 is 11.8 Å². The fourth-order valence-electron chi connectivity index (χ4n) is 4.75. The highest BCUT2D eigenvalue weighted by atomic mass is 16.5. The van der Waals surface area contributed by atoms with Crippen molar-refractivity contribution in [2.24, 2.45) is 5.41 Å². The number of likely N-dealkylation sites (tertiary alicyclic amines) is 1. The third kappa shape index (κ3) is 4.79. The highest BCUT2D eigenvalue weighted by Gasteiger charge is 2.43. The molecule has 31 heavy (non-hydrogen) atoms. The highest BCUT2D eigenvalue weighted by molar-refractivity contribution is 5.85. The fraction of sp³-hybridized carbons (Fsp3) is 0.480. The molecule has 4 rings (SSSR count). The summed E-state index contributed by atoms with van der Waals surface area (Å²) in [5.41, 5.74) is 2.79. The normalized spacial score (nSPS) is 20.4. The predicted octanol–water partition coefficient (Wildman–Crippen LogP) is 3.22. The summed E-state index contributed by atoms with van der Waals surface area (Å²) in [7, 11) is 0. The number of carbonyl (C=O) groups is 2. The molecular formula is C25H31N3O3. The van der Waals surface area contributed by atoms with Gasteiger partial charge in [0, 0.05) is 38.6 Å². The van der Waals surface area contributed by atoms with Gasteiger partial charge in [-0.05, 0) is 61.8 Å². The van der Waals surface area contributed by atoms with E-state index in [1.54, 1.807) is 6.20 Å². The van der Waals surface area contributed by atoms with E-state index in [1.807, 2.05) is 36.2 Å². The second kappa shape index (κ2) is 9.60. The standard InChI is InChI=1S/C25H31N3O3/c1-2-27-24(30)25(10-13-28(14-11-25)23(29)22-9-5-15-31-22)17-19-6-3-7-20(16-19)21-8-4-12-26-18-21/h3-4,6-8,12,16,18,22H,2,5,9-11,13-15,17H2,1H3,(H,27,30)/t22-/m0/s1. The molecule has 2 aliphatic heterocycles. The Hall–Kier alpha value is -2.73. The molecule has 2 amide bonds. The van der Waals surface area contributed by atoms with Gasteiger partial charge >= 0.3 is 0 Å². The summed E-state index contributed by atoms with van der Waals surface area (Å²) in [5.74, 6) is 0.173. The largest absolute Gasteiger partial charge is 0.368 e. The molecule has 2 fully saturated rings. The van der Waals surface area contributed by atoms with Gasteiger partial charge in [-0.3, -0.25) is 14.6 Å². The van der Waals surface area contributed by atoms with Crippen LogP contribution >= 0.6 is 0 Å². The van der Waals surface area contributed by atoms with Crippen LogP contribution in [0.1, 0.15) is 38.2 Å². The van der Waals surface area contributed by atoms with Crippen LogP contribution in [0.4, 0.5) is 0 Å². The molecule has 3 heterocycles. The summed E-state index contributed by atoms with van der Waals surface area (Å²) in [4.78, 5) is 32.0. The topological polar surface area (TPSA) is 71.5 Å². The summed E-state index contributed by atoms with van der Waals surface area (Å²) in [6.07, 6.45) is 7.06. The molecule has 1 aromatic carbocycles. The molecule has 0 spiro atoms. The second-order valence-corrected chi connectivity index (χ2v) is 8.59. The SMILES string of the molecule is CCNC(=O)C1(Cc2cccc(-c3cccnc3)c2)CCN(C(=O)[C@@H]2CCCO2)CC1. The van der Waals surface area contributed by atoms with E-state index in [2.05, 4.69) is 28.5 Å². The monoisotopic (exact) mass is 421 g/mol. The van der Waals surface area contributed by atoms with Gasteiger partial charge in [-0.25, -0.2) is 0 Å². The molecule has 2 saturated heterocycles. The maximum Gasteiger partial charge on any atom is 0.251 e. The first-order chi connectivity index (χ1) is 15.1. The number of benzene rings is 1. The second-order valence-electron chi connectivity index (χ2n) is 8.59. The van der Waals surface area contributed by atoms with E-state index in [0.717, 1.165) is 29.5 Å². The molecule has 0 radical (unpaired) electrons. The molecule has 6 nitrogen and oxygen atoms in total. The summed E-state index contributed by atoms with van der Waals surface area (Å²) in [6.45, 7) is 4.41. The Balaban J connectivity index is 1.51. The maximum atomic E-state index is 13.2. The van der Waals surface area contributed by atoms with Crippen LogP contribution in [0.2, 0.25) is 0 Å². The number of nitrogens with one attached hydrogen (secondary N) is 1. The third-order valence-electron chi connectivity index (χ3n) is 6.52. The number of hydrogen-bond acceptors (Lipinski definition) is 4. The van der Waals surface area contributed by atoms with Gasteiger partial charge in [-0.2, -0.15) is 0 Å². The third-order valence-corrected chi connectivity index (χ3v) is 6.52. The summed E-state index contributed by atoms with van der Waals surface area (Å²) in [6, 6.07) is 12.3. The van der Waals surface area contributed by atoms with Crippen LogP contribution in [0.25, 0.3) is 11.1 Å². The predicted molar refractivity (Wildman–Crippen MR) is 119 cm³/mol. The van der Waals surface area contributed by atoms with Crippen molar-refractivity contribution < 1.29 is 14.3 Å². The average Bonchev–Trinajstić information content (AvgIpc) is 3.35. The maximum absolute atomic E-state index is 13.2. The van der Waals surface area contributed by atoms with Gasteiger partial charge in [0.25, 0.3) is 5.91 Å². The first kappa shape index (κ1) is 21.5. The van der Waals surface area contributed by atoms with E-state index in [1.165, 1.54) is 0 Å². The minimum absolute atomic E-state index is 0.0839.